The number of hydrogen-bond acceptors (Lipinski definition) is 2. The predicted octanol–water partition coefficient (Wildman–Crippen LogP) is 3.83. The quantitative estimate of drug-likeness (QED) is 0.850. The maximum Gasteiger partial charge on any atom is 0.227 e. The molecule has 1 rings (SSSR count). The zero-order chi connectivity index (χ0) is 14.8. The molecule has 0 aromatic heterocycles. The van der Waals surface area contributed by atoms with Gasteiger partial charge >= 0.3 is 0 Å². The van der Waals surface area contributed by atoms with Crippen molar-refractivity contribution in [2.75, 3.05) is 5.32 Å². The lowest BCUT2D eigenvalue weighted by Gasteiger charge is -2.14. The van der Waals surface area contributed by atoms with Crippen molar-refractivity contribution >= 4 is 11.6 Å². The summed E-state index contributed by atoms with van der Waals surface area (Å²) in [6.07, 6.45) is 0.889. The summed E-state index contributed by atoms with van der Waals surface area (Å²) in [6, 6.07) is 7.24. The van der Waals surface area contributed by atoms with Crippen LogP contribution in [0.4, 0.5) is 5.69 Å². The van der Waals surface area contributed by atoms with Crippen molar-refractivity contribution in [2.45, 2.75) is 47.6 Å². The van der Waals surface area contributed by atoms with Crippen LogP contribution in [0.25, 0.3) is 0 Å². The summed E-state index contributed by atoms with van der Waals surface area (Å²) < 4.78 is 0. The topological polar surface area (TPSA) is 49.3 Å². The van der Waals surface area contributed by atoms with E-state index < -0.39 is 0 Å². The van der Waals surface area contributed by atoms with E-state index in [9.17, 15) is 4.79 Å². The SMILES string of the molecule is CC.CC(C)CC(C)C(=O)Nc1ccc(CO)cc1. The first-order valence-corrected chi connectivity index (χ1v) is 7.03. The van der Waals surface area contributed by atoms with Gasteiger partial charge in [0, 0.05) is 11.6 Å². The molecular formula is C16H27NO2. The Morgan fingerprint density at radius 3 is 2.11 bits per heavy atom. The van der Waals surface area contributed by atoms with Gasteiger partial charge in [-0.1, -0.05) is 46.8 Å². The maximum atomic E-state index is 11.8. The summed E-state index contributed by atoms with van der Waals surface area (Å²) in [5.74, 6) is 0.593. The molecule has 0 radical (unpaired) electrons. The van der Waals surface area contributed by atoms with Crippen LogP contribution in [-0.2, 0) is 11.4 Å². The number of aliphatic hydroxyl groups excluding tert-OH is 1. The molecule has 0 saturated carbocycles. The summed E-state index contributed by atoms with van der Waals surface area (Å²) in [5, 5.41) is 11.8. The lowest BCUT2D eigenvalue weighted by atomic mass is 9.98. The Balaban J connectivity index is 0.00000154. The highest BCUT2D eigenvalue weighted by atomic mass is 16.3. The van der Waals surface area contributed by atoms with Crippen LogP contribution >= 0.6 is 0 Å². The third-order valence-electron chi connectivity index (χ3n) is 2.68. The van der Waals surface area contributed by atoms with Crippen LogP contribution in [0.15, 0.2) is 24.3 Å². The molecule has 108 valence electrons. The molecule has 3 heteroatoms. The largest absolute Gasteiger partial charge is 0.392 e. The molecule has 0 aliphatic carbocycles. The molecule has 0 spiro atoms. The summed E-state index contributed by atoms with van der Waals surface area (Å²) in [5.41, 5.74) is 1.63. The van der Waals surface area contributed by atoms with Gasteiger partial charge in [0.05, 0.1) is 6.61 Å². The van der Waals surface area contributed by atoms with E-state index in [0.717, 1.165) is 17.7 Å². The van der Waals surface area contributed by atoms with Crippen LogP contribution < -0.4 is 5.32 Å². The van der Waals surface area contributed by atoms with Gasteiger partial charge in [-0.25, -0.2) is 0 Å². The Kier molecular flexibility index (Phi) is 8.88. The fourth-order valence-electron chi connectivity index (χ4n) is 1.77. The van der Waals surface area contributed by atoms with Crippen LogP contribution in [0.3, 0.4) is 0 Å². The average Bonchev–Trinajstić information content (AvgIpc) is 2.41. The van der Waals surface area contributed by atoms with Crippen molar-refractivity contribution in [3.8, 4) is 0 Å². The highest BCUT2D eigenvalue weighted by molar-refractivity contribution is 5.92. The molecule has 3 nitrogen and oxygen atoms in total. The lowest BCUT2D eigenvalue weighted by molar-refractivity contribution is -0.119. The van der Waals surface area contributed by atoms with E-state index in [0.29, 0.717) is 5.92 Å². The summed E-state index contributed by atoms with van der Waals surface area (Å²) in [4.78, 5) is 11.8. The van der Waals surface area contributed by atoms with Gasteiger partial charge in [-0.2, -0.15) is 0 Å². The molecular weight excluding hydrogens is 238 g/mol. The van der Waals surface area contributed by atoms with Crippen molar-refractivity contribution in [3.05, 3.63) is 29.8 Å². The van der Waals surface area contributed by atoms with Gasteiger partial charge in [0.1, 0.15) is 0 Å². The first-order valence-electron chi connectivity index (χ1n) is 7.03. The second-order valence-electron chi connectivity index (χ2n) is 4.87. The van der Waals surface area contributed by atoms with Gasteiger partial charge in [0.2, 0.25) is 5.91 Å². The van der Waals surface area contributed by atoms with E-state index in [1.165, 1.54) is 0 Å². The zero-order valence-corrected chi connectivity index (χ0v) is 12.7. The molecule has 1 atom stereocenters. The fourth-order valence-corrected chi connectivity index (χ4v) is 1.77. The standard InChI is InChI=1S/C14H21NO2.C2H6/c1-10(2)8-11(3)14(17)15-13-6-4-12(9-16)5-7-13;1-2/h4-7,10-11,16H,8-9H2,1-3H3,(H,15,17);1-2H3. The first-order chi connectivity index (χ1) is 9.02. The molecule has 0 aliphatic rings. The number of amides is 1. The number of benzene rings is 1. The Labute approximate surface area is 117 Å². The predicted molar refractivity (Wildman–Crippen MR) is 81.0 cm³/mol. The molecule has 0 aliphatic heterocycles. The molecule has 0 fully saturated rings. The number of hydrogen-bond donors (Lipinski definition) is 2. The molecule has 1 aromatic carbocycles. The molecule has 1 aromatic rings. The number of carbonyl (C=O) groups is 1. The van der Waals surface area contributed by atoms with Gasteiger partial charge < -0.3 is 10.4 Å². The Morgan fingerprint density at radius 2 is 1.68 bits per heavy atom. The zero-order valence-electron chi connectivity index (χ0n) is 12.7. The minimum atomic E-state index is 0.0209. The van der Waals surface area contributed by atoms with Crippen LogP contribution in [0.1, 0.15) is 46.6 Å². The van der Waals surface area contributed by atoms with E-state index in [2.05, 4.69) is 19.2 Å². The van der Waals surface area contributed by atoms with Crippen molar-refractivity contribution in [1.29, 1.82) is 0 Å². The van der Waals surface area contributed by atoms with E-state index in [1.807, 2.05) is 45.0 Å². The van der Waals surface area contributed by atoms with Gasteiger partial charge in [-0.15, -0.1) is 0 Å². The Bertz CT molecular complexity index is 358. The van der Waals surface area contributed by atoms with Gasteiger partial charge in [-0.05, 0) is 30.0 Å². The highest BCUT2D eigenvalue weighted by Gasteiger charge is 2.14. The normalized spacial score (nSPS) is 11.5. The monoisotopic (exact) mass is 265 g/mol. The second-order valence-corrected chi connectivity index (χ2v) is 4.87. The van der Waals surface area contributed by atoms with Crippen molar-refractivity contribution in [1.82, 2.24) is 0 Å². The van der Waals surface area contributed by atoms with Gasteiger partial charge in [0.25, 0.3) is 0 Å². The average molecular weight is 265 g/mol. The first kappa shape index (κ1) is 17.6. The van der Waals surface area contributed by atoms with Crippen molar-refractivity contribution in [2.24, 2.45) is 11.8 Å². The Morgan fingerprint density at radius 1 is 1.16 bits per heavy atom. The minimum absolute atomic E-state index is 0.0209. The molecule has 2 N–H and O–H groups in total. The smallest absolute Gasteiger partial charge is 0.227 e. The van der Waals surface area contributed by atoms with Crippen molar-refractivity contribution in [3.63, 3.8) is 0 Å². The van der Waals surface area contributed by atoms with Crippen LogP contribution in [0.5, 0.6) is 0 Å². The van der Waals surface area contributed by atoms with Crippen molar-refractivity contribution < 1.29 is 9.90 Å². The highest BCUT2D eigenvalue weighted by Crippen LogP contribution is 2.15. The van der Waals surface area contributed by atoms with Crippen LogP contribution in [-0.4, -0.2) is 11.0 Å². The maximum absolute atomic E-state index is 11.8. The number of rotatable bonds is 5. The summed E-state index contributed by atoms with van der Waals surface area (Å²) in [6.45, 7) is 10.2. The van der Waals surface area contributed by atoms with E-state index in [-0.39, 0.29) is 18.4 Å². The van der Waals surface area contributed by atoms with Crippen LogP contribution in [0.2, 0.25) is 0 Å². The van der Waals surface area contributed by atoms with E-state index in [4.69, 9.17) is 5.11 Å². The van der Waals surface area contributed by atoms with E-state index >= 15 is 0 Å². The lowest BCUT2D eigenvalue weighted by Crippen LogP contribution is -2.21. The fraction of sp³-hybridized carbons (Fsp3) is 0.562. The number of aliphatic hydroxyl groups is 1. The number of anilines is 1. The third-order valence-corrected chi connectivity index (χ3v) is 2.68. The van der Waals surface area contributed by atoms with E-state index in [1.54, 1.807) is 0 Å². The molecule has 1 amide bonds. The van der Waals surface area contributed by atoms with Gasteiger partial charge in [0.15, 0.2) is 0 Å². The third kappa shape index (κ3) is 6.97. The molecule has 0 bridgehead atoms. The minimum Gasteiger partial charge on any atom is -0.392 e. The summed E-state index contributed by atoms with van der Waals surface area (Å²) in [7, 11) is 0. The molecule has 1 unspecified atom stereocenters. The second kappa shape index (κ2) is 9.56. The van der Waals surface area contributed by atoms with Crippen LogP contribution in [0, 0.1) is 11.8 Å². The number of nitrogens with one attached hydrogen (secondary N) is 1. The Hall–Kier alpha value is -1.35. The molecule has 0 heterocycles. The molecule has 0 saturated heterocycles. The summed E-state index contributed by atoms with van der Waals surface area (Å²) >= 11 is 0. The molecule has 19 heavy (non-hydrogen) atoms. The van der Waals surface area contributed by atoms with Gasteiger partial charge in [-0.3, -0.25) is 4.79 Å². The number of carbonyl (C=O) groups excluding carboxylic acids is 1.